The lowest BCUT2D eigenvalue weighted by Gasteiger charge is -2.33. The molecule has 0 spiro atoms. The molecule has 2 N–H and O–H groups in total. The van der Waals surface area contributed by atoms with Crippen LogP contribution in [0.1, 0.15) is 53.3 Å². The zero-order valence-electron chi connectivity index (χ0n) is 18.9. The minimum Gasteiger partial charge on any atom is -0.368 e. The van der Waals surface area contributed by atoms with Gasteiger partial charge in [-0.1, -0.05) is 6.92 Å². The number of imidazole rings is 1. The summed E-state index contributed by atoms with van der Waals surface area (Å²) in [5, 5.41) is 9.68. The molecule has 1 aliphatic rings. The van der Waals surface area contributed by atoms with Gasteiger partial charge in [-0.15, -0.1) is 11.3 Å². The summed E-state index contributed by atoms with van der Waals surface area (Å²) >= 11 is 1.63. The molecule has 0 aliphatic carbocycles. The molecule has 5 rings (SSSR count). The van der Waals surface area contributed by atoms with Crippen LogP contribution in [0.25, 0.3) is 16.2 Å². The fourth-order valence-corrected chi connectivity index (χ4v) is 5.12. The Balaban J connectivity index is 1.56. The molecule has 1 fully saturated rings. The van der Waals surface area contributed by atoms with Gasteiger partial charge in [0.05, 0.1) is 34.1 Å². The average Bonchev–Trinajstić information content (AvgIpc) is 3.57. The van der Waals surface area contributed by atoms with Gasteiger partial charge in [-0.05, 0) is 31.5 Å². The number of halogens is 2. The number of aromatic nitrogens is 5. The van der Waals surface area contributed by atoms with Crippen molar-refractivity contribution in [3.63, 3.8) is 0 Å². The summed E-state index contributed by atoms with van der Waals surface area (Å²) in [6, 6.07) is 5.48. The van der Waals surface area contributed by atoms with Crippen molar-refractivity contribution in [1.29, 1.82) is 0 Å². The molecule has 34 heavy (non-hydrogen) atoms. The Morgan fingerprint density at radius 2 is 2.09 bits per heavy atom. The topological polar surface area (TPSA) is 91.2 Å². The number of rotatable bonds is 6. The van der Waals surface area contributed by atoms with Crippen LogP contribution >= 0.6 is 11.3 Å². The van der Waals surface area contributed by atoms with Crippen LogP contribution in [-0.4, -0.2) is 49.5 Å². The van der Waals surface area contributed by atoms with Gasteiger partial charge in [0.25, 0.3) is 11.8 Å². The van der Waals surface area contributed by atoms with Crippen LogP contribution in [0.15, 0.2) is 36.9 Å². The second-order valence-corrected chi connectivity index (χ2v) is 9.80. The Morgan fingerprint density at radius 3 is 2.74 bits per heavy atom. The van der Waals surface area contributed by atoms with Crippen molar-refractivity contribution in [3.8, 4) is 10.6 Å². The van der Waals surface area contributed by atoms with Gasteiger partial charge in [0.15, 0.2) is 5.65 Å². The van der Waals surface area contributed by atoms with Crippen LogP contribution in [-0.2, 0) is 0 Å². The van der Waals surface area contributed by atoms with Crippen LogP contribution in [0.5, 0.6) is 0 Å². The summed E-state index contributed by atoms with van der Waals surface area (Å²) < 4.78 is 29.6. The van der Waals surface area contributed by atoms with E-state index in [-0.39, 0.29) is 37.9 Å². The first-order valence-electron chi connectivity index (χ1n) is 11.2. The van der Waals surface area contributed by atoms with Crippen LogP contribution in [0, 0.1) is 6.92 Å². The van der Waals surface area contributed by atoms with E-state index in [0.29, 0.717) is 29.1 Å². The van der Waals surface area contributed by atoms with Gasteiger partial charge in [-0.2, -0.15) is 5.10 Å². The number of aryl methyl sites for hydroxylation is 1. The highest BCUT2D eigenvalue weighted by molar-refractivity contribution is 7.15. The molecule has 1 aliphatic heterocycles. The third kappa shape index (κ3) is 4.27. The summed E-state index contributed by atoms with van der Waals surface area (Å²) in [4.78, 5) is 26.2. The molecule has 8 nitrogen and oxygen atoms in total. The number of anilines is 1. The summed E-state index contributed by atoms with van der Waals surface area (Å²) in [5.74, 6) is -2.37. The van der Waals surface area contributed by atoms with Crippen molar-refractivity contribution >= 4 is 28.6 Å². The van der Waals surface area contributed by atoms with Crippen molar-refractivity contribution in [3.05, 3.63) is 53.2 Å². The number of piperidine rings is 1. The number of thiophene rings is 1. The molecular weight excluding hydrogens is 460 g/mol. The maximum atomic E-state index is 13.8. The normalized spacial score (nSPS) is 16.6. The largest absolute Gasteiger partial charge is 0.368 e. The maximum Gasteiger partial charge on any atom is 0.253 e. The van der Waals surface area contributed by atoms with E-state index in [0.717, 1.165) is 15.4 Å². The molecule has 0 aromatic carbocycles. The van der Waals surface area contributed by atoms with Crippen molar-refractivity contribution in [2.24, 2.45) is 0 Å². The van der Waals surface area contributed by atoms with Crippen LogP contribution in [0.4, 0.5) is 14.5 Å². The zero-order chi connectivity index (χ0) is 23.9. The van der Waals surface area contributed by atoms with E-state index in [1.165, 1.54) is 6.33 Å². The Morgan fingerprint density at radius 1 is 1.29 bits per heavy atom. The van der Waals surface area contributed by atoms with Gasteiger partial charge < -0.3 is 10.2 Å². The molecule has 4 aromatic heterocycles. The third-order valence-corrected chi connectivity index (χ3v) is 7.18. The number of hydrogen-bond donors (Lipinski definition) is 2. The number of nitrogens with zero attached hydrogens (tertiary/aromatic N) is 5. The molecule has 4 aromatic rings. The van der Waals surface area contributed by atoms with Gasteiger partial charge in [0, 0.05) is 37.0 Å². The van der Waals surface area contributed by atoms with Crippen molar-refractivity contribution in [1.82, 2.24) is 29.9 Å². The molecule has 11 heteroatoms. The van der Waals surface area contributed by atoms with Crippen LogP contribution in [0.2, 0.25) is 0 Å². The van der Waals surface area contributed by atoms with E-state index in [1.54, 1.807) is 29.8 Å². The molecule has 178 valence electrons. The number of alkyl halides is 2. The zero-order valence-corrected chi connectivity index (χ0v) is 19.7. The molecule has 1 amide bonds. The van der Waals surface area contributed by atoms with E-state index in [1.807, 2.05) is 35.3 Å². The van der Waals surface area contributed by atoms with E-state index < -0.39 is 5.92 Å². The van der Waals surface area contributed by atoms with Crippen LogP contribution in [0.3, 0.4) is 0 Å². The highest BCUT2D eigenvalue weighted by Crippen LogP contribution is 2.35. The summed E-state index contributed by atoms with van der Waals surface area (Å²) in [5.41, 5.74) is 2.60. The Labute approximate surface area is 199 Å². The number of fused-ring (bicyclic) bond motifs is 1. The Hall–Kier alpha value is -3.34. The smallest absolute Gasteiger partial charge is 0.253 e. The van der Waals surface area contributed by atoms with Gasteiger partial charge in [-0.3, -0.25) is 14.3 Å². The Kier molecular flexibility index (Phi) is 5.80. The number of nitrogens with one attached hydrogen (secondary N) is 2. The van der Waals surface area contributed by atoms with E-state index in [4.69, 9.17) is 0 Å². The van der Waals surface area contributed by atoms with E-state index in [2.05, 4.69) is 25.5 Å². The molecule has 1 atom stereocenters. The highest BCUT2D eigenvalue weighted by Gasteiger charge is 2.35. The molecule has 5 heterocycles. The lowest BCUT2D eigenvalue weighted by atomic mass is 10.1. The minimum absolute atomic E-state index is 0.198. The molecule has 0 saturated carbocycles. The predicted molar refractivity (Wildman–Crippen MR) is 127 cm³/mol. The first-order valence-corrected chi connectivity index (χ1v) is 12.0. The predicted octanol–water partition coefficient (Wildman–Crippen LogP) is 4.61. The van der Waals surface area contributed by atoms with Gasteiger partial charge >= 0.3 is 0 Å². The number of pyridine rings is 1. The first-order chi connectivity index (χ1) is 16.3. The van der Waals surface area contributed by atoms with Crippen LogP contribution < -0.4 is 10.2 Å². The van der Waals surface area contributed by atoms with Gasteiger partial charge in [0.2, 0.25) is 0 Å². The quantitative estimate of drug-likeness (QED) is 0.416. The second-order valence-electron chi connectivity index (χ2n) is 8.51. The fraction of sp³-hybridized carbons (Fsp3) is 0.391. The molecule has 1 unspecified atom stereocenters. The number of hydrogen-bond acceptors (Lipinski definition) is 6. The number of aromatic amines is 1. The standard InChI is InChI=1S/C23H25F2N7OS/c1-3-16(20-27-13-28-30-20)29-22(33)15-10-17(31-8-6-23(24,25)7-9-31)21-26-11-18(32(21)12-15)19-5-4-14(2)34-19/h4-5,10-13,16H,3,6-9H2,1-2H3,(H,29,33)(H,27,28,30). The van der Waals surface area contributed by atoms with Crippen molar-refractivity contribution in [2.45, 2.75) is 45.1 Å². The maximum absolute atomic E-state index is 13.8. The lowest BCUT2D eigenvalue weighted by molar-refractivity contribution is -0.0220. The number of carbonyl (C=O) groups is 1. The molecule has 0 radical (unpaired) electrons. The molecular formula is C23H25F2N7OS. The monoisotopic (exact) mass is 485 g/mol. The second kappa shape index (κ2) is 8.79. The van der Waals surface area contributed by atoms with E-state index >= 15 is 0 Å². The fourth-order valence-electron chi connectivity index (χ4n) is 4.24. The summed E-state index contributed by atoms with van der Waals surface area (Å²) in [7, 11) is 0. The molecule has 1 saturated heterocycles. The molecule has 0 bridgehead atoms. The van der Waals surface area contributed by atoms with E-state index in [9.17, 15) is 13.6 Å². The summed E-state index contributed by atoms with van der Waals surface area (Å²) in [6.07, 6.45) is 5.11. The number of carbonyl (C=O) groups excluding carboxylic acids is 1. The third-order valence-electron chi connectivity index (χ3n) is 6.15. The van der Waals surface area contributed by atoms with Crippen molar-refractivity contribution < 1.29 is 13.6 Å². The number of amides is 1. The highest BCUT2D eigenvalue weighted by atomic mass is 32.1. The lowest BCUT2D eigenvalue weighted by Crippen LogP contribution is -2.39. The average molecular weight is 486 g/mol. The van der Waals surface area contributed by atoms with Gasteiger partial charge in [0.1, 0.15) is 12.2 Å². The SMILES string of the molecule is CCC(NC(=O)c1cc(N2CCC(F)(F)CC2)c2ncc(-c3ccc(C)s3)n2c1)c1ncn[nH]1. The number of H-pyrrole nitrogens is 1. The Bertz CT molecular complexity index is 1300. The van der Waals surface area contributed by atoms with Gasteiger partial charge in [-0.25, -0.2) is 18.7 Å². The minimum atomic E-state index is -2.66. The first kappa shape index (κ1) is 22.5. The van der Waals surface area contributed by atoms with Crippen molar-refractivity contribution in [2.75, 3.05) is 18.0 Å². The summed E-state index contributed by atoms with van der Waals surface area (Å²) in [6.45, 7) is 4.38.